The SMILES string of the molecule is O=c1ccnc2sc(NCc3cnn(-c4ccc(Cl)cc4)c3)nn12. The predicted molar refractivity (Wildman–Crippen MR) is 93.0 cm³/mol. The summed E-state index contributed by atoms with van der Waals surface area (Å²) in [6, 6.07) is 8.83. The van der Waals surface area contributed by atoms with Gasteiger partial charge in [0.2, 0.25) is 10.1 Å². The number of hydrogen-bond donors (Lipinski definition) is 1. The van der Waals surface area contributed by atoms with Crippen LogP contribution in [0.15, 0.2) is 53.7 Å². The first-order valence-corrected chi connectivity index (χ1v) is 8.27. The maximum atomic E-state index is 11.7. The molecule has 0 aliphatic heterocycles. The average Bonchev–Trinajstić information content (AvgIpc) is 3.21. The molecule has 0 aliphatic rings. The van der Waals surface area contributed by atoms with Crippen LogP contribution in [-0.4, -0.2) is 24.4 Å². The number of rotatable bonds is 4. The van der Waals surface area contributed by atoms with E-state index in [1.54, 1.807) is 10.9 Å². The van der Waals surface area contributed by atoms with Crippen molar-refractivity contribution in [1.29, 1.82) is 0 Å². The second kappa shape index (κ2) is 6.06. The number of fused-ring (bicyclic) bond motifs is 1. The molecule has 3 aromatic heterocycles. The zero-order valence-electron chi connectivity index (χ0n) is 12.3. The van der Waals surface area contributed by atoms with E-state index in [1.807, 2.05) is 30.5 Å². The third kappa shape index (κ3) is 2.89. The number of aromatic nitrogens is 5. The Hall–Kier alpha value is -2.71. The first-order chi connectivity index (χ1) is 11.7. The molecule has 0 aliphatic carbocycles. The van der Waals surface area contributed by atoms with Crippen molar-refractivity contribution in [3.05, 3.63) is 69.9 Å². The van der Waals surface area contributed by atoms with Crippen LogP contribution in [-0.2, 0) is 6.54 Å². The fourth-order valence-corrected chi connectivity index (χ4v) is 3.08. The Morgan fingerprint density at radius 1 is 1.21 bits per heavy atom. The number of halogens is 1. The highest BCUT2D eigenvalue weighted by atomic mass is 35.5. The number of nitrogens with zero attached hydrogens (tertiary/aromatic N) is 5. The van der Waals surface area contributed by atoms with E-state index in [2.05, 4.69) is 20.5 Å². The fraction of sp³-hybridized carbons (Fsp3) is 0.0667. The highest BCUT2D eigenvalue weighted by molar-refractivity contribution is 7.20. The molecule has 4 aromatic rings. The van der Waals surface area contributed by atoms with Crippen molar-refractivity contribution in [3.63, 3.8) is 0 Å². The lowest BCUT2D eigenvalue weighted by Gasteiger charge is -2.01. The van der Waals surface area contributed by atoms with E-state index in [1.165, 1.54) is 28.1 Å². The van der Waals surface area contributed by atoms with Gasteiger partial charge in [-0.15, -0.1) is 5.10 Å². The molecular weight excluding hydrogens is 348 g/mol. The smallest absolute Gasteiger partial charge is 0.275 e. The number of benzene rings is 1. The van der Waals surface area contributed by atoms with Crippen molar-refractivity contribution in [2.45, 2.75) is 6.54 Å². The molecule has 0 fully saturated rings. The zero-order chi connectivity index (χ0) is 16.5. The second-order valence-electron chi connectivity index (χ2n) is 5.01. The van der Waals surface area contributed by atoms with Gasteiger partial charge in [0.05, 0.1) is 11.9 Å². The van der Waals surface area contributed by atoms with Crippen molar-refractivity contribution < 1.29 is 0 Å². The van der Waals surface area contributed by atoms with Gasteiger partial charge < -0.3 is 5.32 Å². The molecule has 0 radical (unpaired) electrons. The average molecular weight is 359 g/mol. The Labute approximate surface area is 145 Å². The standard InChI is InChI=1S/C15H11ClN6OS/c16-11-1-3-12(4-2-11)21-9-10(8-19-21)7-18-14-20-22-13(23)5-6-17-15(22)24-14/h1-6,8-9H,7H2,(H,18,20). The van der Waals surface area contributed by atoms with Gasteiger partial charge in [0.1, 0.15) is 0 Å². The first-order valence-electron chi connectivity index (χ1n) is 7.07. The maximum Gasteiger partial charge on any atom is 0.275 e. The van der Waals surface area contributed by atoms with Crippen molar-refractivity contribution in [3.8, 4) is 5.69 Å². The van der Waals surface area contributed by atoms with E-state index in [9.17, 15) is 4.79 Å². The van der Waals surface area contributed by atoms with Crippen LogP contribution in [0.1, 0.15) is 5.56 Å². The van der Waals surface area contributed by atoms with Crippen LogP contribution < -0.4 is 10.9 Å². The Balaban J connectivity index is 1.50. The summed E-state index contributed by atoms with van der Waals surface area (Å²) in [5, 5.41) is 13.0. The van der Waals surface area contributed by atoms with E-state index in [0.29, 0.717) is 21.7 Å². The van der Waals surface area contributed by atoms with Crippen molar-refractivity contribution in [2.75, 3.05) is 5.32 Å². The van der Waals surface area contributed by atoms with Crippen LogP contribution in [0.25, 0.3) is 10.6 Å². The molecule has 1 N–H and O–H groups in total. The molecule has 3 heterocycles. The lowest BCUT2D eigenvalue weighted by atomic mass is 10.3. The van der Waals surface area contributed by atoms with Gasteiger partial charge in [-0.1, -0.05) is 22.9 Å². The van der Waals surface area contributed by atoms with Gasteiger partial charge in [0.15, 0.2) is 0 Å². The van der Waals surface area contributed by atoms with Crippen molar-refractivity contribution in [1.82, 2.24) is 24.4 Å². The van der Waals surface area contributed by atoms with Crippen LogP contribution in [0.3, 0.4) is 0 Å². The summed E-state index contributed by atoms with van der Waals surface area (Å²) in [6.45, 7) is 0.544. The molecule has 24 heavy (non-hydrogen) atoms. The molecule has 0 unspecified atom stereocenters. The van der Waals surface area contributed by atoms with Crippen LogP contribution in [0.4, 0.5) is 5.13 Å². The first kappa shape index (κ1) is 14.9. The van der Waals surface area contributed by atoms with Gasteiger partial charge in [-0.25, -0.2) is 9.67 Å². The molecule has 9 heteroatoms. The summed E-state index contributed by atoms with van der Waals surface area (Å²) < 4.78 is 3.06. The monoisotopic (exact) mass is 358 g/mol. The number of hydrogen-bond acceptors (Lipinski definition) is 6. The van der Waals surface area contributed by atoms with Gasteiger partial charge in [0.25, 0.3) is 5.56 Å². The van der Waals surface area contributed by atoms with E-state index in [0.717, 1.165) is 11.3 Å². The van der Waals surface area contributed by atoms with Gasteiger partial charge >= 0.3 is 0 Å². The summed E-state index contributed by atoms with van der Waals surface area (Å²) in [5.41, 5.74) is 1.73. The van der Waals surface area contributed by atoms with Crippen molar-refractivity contribution >= 4 is 33.0 Å². The van der Waals surface area contributed by atoms with Crippen LogP contribution in [0.5, 0.6) is 0 Å². The van der Waals surface area contributed by atoms with Gasteiger partial charge in [-0.3, -0.25) is 4.79 Å². The van der Waals surface area contributed by atoms with E-state index < -0.39 is 0 Å². The van der Waals surface area contributed by atoms with Crippen molar-refractivity contribution in [2.24, 2.45) is 0 Å². The highest BCUT2D eigenvalue weighted by Gasteiger charge is 2.07. The third-order valence-electron chi connectivity index (χ3n) is 3.34. The largest absolute Gasteiger partial charge is 0.356 e. The minimum atomic E-state index is -0.195. The molecular formula is C15H11ClN6OS. The summed E-state index contributed by atoms with van der Waals surface area (Å²) >= 11 is 7.21. The van der Waals surface area contributed by atoms with Crippen LogP contribution >= 0.6 is 22.9 Å². The molecule has 0 atom stereocenters. The minimum Gasteiger partial charge on any atom is -0.356 e. The summed E-state index contributed by atoms with van der Waals surface area (Å²) in [5.74, 6) is 0. The summed E-state index contributed by atoms with van der Waals surface area (Å²) in [7, 11) is 0. The molecule has 0 spiro atoms. The maximum absolute atomic E-state index is 11.7. The van der Waals surface area contributed by atoms with E-state index in [-0.39, 0.29) is 5.56 Å². The van der Waals surface area contributed by atoms with E-state index >= 15 is 0 Å². The molecule has 0 saturated heterocycles. The van der Waals surface area contributed by atoms with Gasteiger partial charge in [0, 0.05) is 35.6 Å². The van der Waals surface area contributed by atoms with Gasteiger partial charge in [-0.05, 0) is 24.3 Å². The Kier molecular flexibility index (Phi) is 3.75. The fourth-order valence-electron chi connectivity index (χ4n) is 2.18. The quantitative estimate of drug-likeness (QED) is 0.606. The van der Waals surface area contributed by atoms with E-state index in [4.69, 9.17) is 11.6 Å². The molecule has 1 aromatic carbocycles. The molecule has 0 bridgehead atoms. The molecule has 7 nitrogen and oxygen atoms in total. The predicted octanol–water partition coefficient (Wildman–Crippen LogP) is 2.60. The topological polar surface area (TPSA) is 77.1 Å². The van der Waals surface area contributed by atoms with Gasteiger partial charge in [-0.2, -0.15) is 9.61 Å². The lowest BCUT2D eigenvalue weighted by molar-refractivity contribution is 0.879. The molecule has 4 rings (SSSR count). The van der Waals surface area contributed by atoms with Crippen LogP contribution in [0, 0.1) is 0 Å². The molecule has 0 amide bonds. The summed E-state index contributed by atoms with van der Waals surface area (Å²) in [6.07, 6.45) is 5.18. The third-order valence-corrected chi connectivity index (χ3v) is 4.47. The Morgan fingerprint density at radius 3 is 2.83 bits per heavy atom. The zero-order valence-corrected chi connectivity index (χ0v) is 13.8. The molecule has 0 saturated carbocycles. The number of nitrogens with one attached hydrogen (secondary N) is 1. The normalized spacial score (nSPS) is 11.0. The summed E-state index contributed by atoms with van der Waals surface area (Å²) in [4.78, 5) is 16.3. The number of anilines is 1. The highest BCUT2D eigenvalue weighted by Crippen LogP contribution is 2.17. The Bertz CT molecular complexity index is 1050. The van der Waals surface area contributed by atoms with Crippen LogP contribution in [0.2, 0.25) is 5.02 Å². The lowest BCUT2D eigenvalue weighted by Crippen LogP contribution is -2.12. The second-order valence-corrected chi connectivity index (χ2v) is 6.40. The molecule has 120 valence electrons. The Morgan fingerprint density at radius 2 is 2.04 bits per heavy atom. The minimum absolute atomic E-state index is 0.195.